The van der Waals surface area contributed by atoms with Crippen LogP contribution in [0.3, 0.4) is 0 Å². The maximum atomic E-state index is 13.2. The molecule has 156 valence electrons. The first-order chi connectivity index (χ1) is 14.3. The number of anilines is 1. The average molecular weight is 452 g/mol. The molecule has 0 aliphatic heterocycles. The van der Waals surface area contributed by atoms with Crippen LogP contribution in [0.25, 0.3) is 0 Å². The smallest absolute Gasteiger partial charge is 0.433 e. The number of hydrogen-bond donors (Lipinski definition) is 2. The van der Waals surface area contributed by atoms with Crippen LogP contribution >= 0.6 is 24.0 Å². The second kappa shape index (κ2) is 9.67. The van der Waals surface area contributed by atoms with Crippen molar-refractivity contribution in [3.05, 3.63) is 60.0 Å². The molecule has 0 saturated heterocycles. The van der Waals surface area contributed by atoms with Crippen molar-refractivity contribution < 1.29 is 17.9 Å². The molecule has 3 aromatic rings. The topological polar surface area (TPSA) is 84.9 Å². The molecule has 0 aliphatic rings. The lowest BCUT2D eigenvalue weighted by atomic mass is 10.2. The zero-order chi connectivity index (χ0) is 21.6. The molecule has 3 rings (SSSR count). The number of aromatic nitrogens is 4. The van der Waals surface area contributed by atoms with Crippen molar-refractivity contribution >= 4 is 35.0 Å². The molecule has 12 heteroatoms. The average Bonchev–Trinajstić information content (AvgIpc) is 2.72. The number of nitrogens with zero attached hydrogens (tertiary/aromatic N) is 4. The molecule has 0 bridgehead atoms. The highest BCUT2D eigenvalue weighted by molar-refractivity contribution is 7.99. The Balaban J connectivity index is 1.71. The summed E-state index contributed by atoms with van der Waals surface area (Å²) in [6.07, 6.45) is -1.68. The van der Waals surface area contributed by atoms with Gasteiger partial charge in [-0.1, -0.05) is 12.1 Å². The highest BCUT2D eigenvalue weighted by atomic mass is 32.2. The maximum absolute atomic E-state index is 13.2. The summed E-state index contributed by atoms with van der Waals surface area (Å²) in [5.74, 6) is 0.430. The SMILES string of the molecule is COc1ccc(CNC(=S)Nc2nc(Sc3ncccn3)cc(C(F)(F)F)n2)cc1. The van der Waals surface area contributed by atoms with Gasteiger partial charge in [-0.05, 0) is 47.7 Å². The lowest BCUT2D eigenvalue weighted by molar-refractivity contribution is -0.141. The van der Waals surface area contributed by atoms with Gasteiger partial charge in [0.15, 0.2) is 16.0 Å². The number of ether oxygens (including phenoxy) is 1. The summed E-state index contributed by atoms with van der Waals surface area (Å²) in [4.78, 5) is 15.5. The van der Waals surface area contributed by atoms with E-state index in [-0.39, 0.29) is 21.2 Å². The summed E-state index contributed by atoms with van der Waals surface area (Å²) in [5.41, 5.74) is -0.196. The van der Waals surface area contributed by atoms with Crippen LogP contribution in [0, 0.1) is 0 Å². The molecule has 30 heavy (non-hydrogen) atoms. The first-order valence-electron chi connectivity index (χ1n) is 8.42. The van der Waals surface area contributed by atoms with Crippen LogP contribution in [0.2, 0.25) is 0 Å². The molecule has 0 unspecified atom stereocenters. The van der Waals surface area contributed by atoms with Gasteiger partial charge in [0.1, 0.15) is 10.8 Å². The molecule has 0 fully saturated rings. The van der Waals surface area contributed by atoms with Crippen molar-refractivity contribution in [2.45, 2.75) is 22.9 Å². The molecule has 2 heterocycles. The molecular weight excluding hydrogens is 437 g/mol. The second-order valence-electron chi connectivity index (χ2n) is 5.70. The predicted octanol–water partition coefficient (Wildman–Crippen LogP) is 3.93. The molecule has 0 saturated carbocycles. The number of nitrogens with one attached hydrogen (secondary N) is 2. The molecule has 2 N–H and O–H groups in total. The van der Waals surface area contributed by atoms with Crippen LogP contribution < -0.4 is 15.4 Å². The number of thiocarbonyl (C=S) groups is 1. The van der Waals surface area contributed by atoms with Crippen LogP contribution in [0.15, 0.2) is 59.0 Å². The summed E-state index contributed by atoms with van der Waals surface area (Å²) >= 11 is 6.04. The predicted molar refractivity (Wildman–Crippen MR) is 109 cm³/mol. The van der Waals surface area contributed by atoms with Gasteiger partial charge in [-0.15, -0.1) is 0 Å². The van der Waals surface area contributed by atoms with Crippen molar-refractivity contribution in [3.8, 4) is 5.75 Å². The Hall–Kier alpha value is -2.99. The van der Waals surface area contributed by atoms with Gasteiger partial charge in [0.25, 0.3) is 0 Å². The quantitative estimate of drug-likeness (QED) is 0.328. The lowest BCUT2D eigenvalue weighted by Gasteiger charge is -2.13. The van der Waals surface area contributed by atoms with E-state index in [0.717, 1.165) is 23.4 Å². The van der Waals surface area contributed by atoms with E-state index in [0.29, 0.717) is 12.3 Å². The van der Waals surface area contributed by atoms with Gasteiger partial charge in [-0.3, -0.25) is 0 Å². The Morgan fingerprint density at radius 3 is 2.47 bits per heavy atom. The Morgan fingerprint density at radius 1 is 1.13 bits per heavy atom. The molecule has 0 spiro atoms. The van der Waals surface area contributed by atoms with Gasteiger partial charge >= 0.3 is 6.18 Å². The zero-order valence-corrected chi connectivity index (χ0v) is 17.1. The van der Waals surface area contributed by atoms with Crippen molar-refractivity contribution in [1.29, 1.82) is 0 Å². The molecule has 0 amide bonds. The van der Waals surface area contributed by atoms with Crippen molar-refractivity contribution in [1.82, 2.24) is 25.3 Å². The second-order valence-corrected chi connectivity index (χ2v) is 7.10. The molecule has 0 radical (unpaired) electrons. The molecular formula is C18H15F3N6OS2. The van der Waals surface area contributed by atoms with Gasteiger partial charge in [0.2, 0.25) is 5.95 Å². The summed E-state index contributed by atoms with van der Waals surface area (Å²) < 4.78 is 44.8. The summed E-state index contributed by atoms with van der Waals surface area (Å²) in [5, 5.41) is 5.86. The first-order valence-corrected chi connectivity index (χ1v) is 9.65. The monoisotopic (exact) mass is 452 g/mol. The van der Waals surface area contributed by atoms with Gasteiger partial charge in [0, 0.05) is 25.0 Å². The van der Waals surface area contributed by atoms with E-state index in [1.807, 2.05) is 12.1 Å². The maximum Gasteiger partial charge on any atom is 0.433 e. The number of methoxy groups -OCH3 is 1. The van der Waals surface area contributed by atoms with E-state index >= 15 is 0 Å². The molecule has 0 atom stereocenters. The third kappa shape index (κ3) is 6.26. The highest BCUT2D eigenvalue weighted by Gasteiger charge is 2.34. The number of rotatable bonds is 6. The number of hydrogen-bond acceptors (Lipinski definition) is 7. The Kier molecular flexibility index (Phi) is 7.00. The normalized spacial score (nSPS) is 11.1. The fourth-order valence-electron chi connectivity index (χ4n) is 2.18. The number of alkyl halides is 3. The van der Waals surface area contributed by atoms with E-state index in [1.165, 1.54) is 12.4 Å². The Morgan fingerprint density at radius 2 is 1.83 bits per heavy atom. The summed E-state index contributed by atoms with van der Waals surface area (Å²) in [6.45, 7) is 0.355. The van der Waals surface area contributed by atoms with Gasteiger partial charge in [0.05, 0.1) is 7.11 Å². The number of benzene rings is 1. The van der Waals surface area contributed by atoms with Gasteiger partial charge in [-0.2, -0.15) is 13.2 Å². The first kappa shape index (κ1) is 21.7. The van der Waals surface area contributed by atoms with Crippen molar-refractivity contribution in [2.75, 3.05) is 12.4 Å². The molecule has 0 aliphatic carbocycles. The van der Waals surface area contributed by atoms with E-state index in [9.17, 15) is 13.2 Å². The minimum atomic E-state index is -4.65. The van der Waals surface area contributed by atoms with E-state index in [1.54, 1.807) is 25.3 Å². The lowest BCUT2D eigenvalue weighted by Crippen LogP contribution is -2.29. The minimum absolute atomic E-state index is 0.0315. The third-order valence-corrected chi connectivity index (χ3v) is 4.63. The van der Waals surface area contributed by atoms with Crippen LogP contribution in [-0.4, -0.2) is 32.2 Å². The molecule has 7 nitrogen and oxygen atoms in total. The van der Waals surface area contributed by atoms with Crippen LogP contribution in [0.1, 0.15) is 11.3 Å². The van der Waals surface area contributed by atoms with Crippen molar-refractivity contribution in [2.24, 2.45) is 0 Å². The molecule has 2 aromatic heterocycles. The largest absolute Gasteiger partial charge is 0.497 e. The Labute approximate surface area is 179 Å². The van der Waals surface area contributed by atoms with Gasteiger partial charge < -0.3 is 15.4 Å². The van der Waals surface area contributed by atoms with E-state index in [4.69, 9.17) is 17.0 Å². The fraction of sp³-hybridized carbons (Fsp3) is 0.167. The Bertz CT molecular complexity index is 1000. The molecule has 1 aromatic carbocycles. The zero-order valence-electron chi connectivity index (χ0n) is 15.5. The summed E-state index contributed by atoms with van der Waals surface area (Å²) in [6, 6.07) is 9.69. The van der Waals surface area contributed by atoms with Crippen LogP contribution in [0.5, 0.6) is 5.75 Å². The van der Waals surface area contributed by atoms with Gasteiger partial charge in [-0.25, -0.2) is 19.9 Å². The van der Waals surface area contributed by atoms with Crippen LogP contribution in [-0.2, 0) is 12.7 Å². The minimum Gasteiger partial charge on any atom is -0.497 e. The van der Waals surface area contributed by atoms with Crippen LogP contribution in [0.4, 0.5) is 19.1 Å². The van der Waals surface area contributed by atoms with Crippen molar-refractivity contribution in [3.63, 3.8) is 0 Å². The van der Waals surface area contributed by atoms with E-state index in [2.05, 4.69) is 30.6 Å². The van der Waals surface area contributed by atoms with E-state index < -0.39 is 11.9 Å². The number of halogens is 3. The standard InChI is InChI=1S/C18H15F3N6OS2/c1-28-12-5-3-11(4-6-12)10-24-16(29)27-15-25-13(18(19,20)21)9-14(26-15)30-17-22-7-2-8-23-17/h2-9H,10H2,1H3,(H2,24,25,26,27,29). The third-order valence-electron chi connectivity index (χ3n) is 3.57. The highest BCUT2D eigenvalue weighted by Crippen LogP contribution is 2.32. The summed E-state index contributed by atoms with van der Waals surface area (Å²) in [7, 11) is 1.57. The fourth-order valence-corrected chi connectivity index (χ4v) is 3.06.